The second-order valence-corrected chi connectivity index (χ2v) is 7.15. The van der Waals surface area contributed by atoms with Crippen LogP contribution in [0.3, 0.4) is 0 Å². The lowest BCUT2D eigenvalue weighted by molar-refractivity contribution is -0.138. The van der Waals surface area contributed by atoms with Crippen LogP contribution in [-0.2, 0) is 14.3 Å². The predicted molar refractivity (Wildman–Crippen MR) is 88.0 cm³/mol. The van der Waals surface area contributed by atoms with E-state index in [1.807, 2.05) is 53.6 Å². The van der Waals surface area contributed by atoms with Gasteiger partial charge in [-0.25, -0.2) is 0 Å². The van der Waals surface area contributed by atoms with Gasteiger partial charge in [0.15, 0.2) is 0 Å². The molecule has 0 aromatic rings. The molecule has 5 heteroatoms. The molecule has 1 aliphatic rings. The number of nitrogens with one attached hydrogen (secondary N) is 1. The Kier molecular flexibility index (Phi) is 12.6. The molecule has 0 aliphatic heterocycles. The van der Waals surface area contributed by atoms with Crippen LogP contribution in [0.15, 0.2) is 0 Å². The van der Waals surface area contributed by atoms with Crippen molar-refractivity contribution in [3.05, 3.63) is 0 Å². The molecule has 4 nitrogen and oxygen atoms in total. The number of ether oxygens (including phenoxy) is 2. The van der Waals surface area contributed by atoms with E-state index in [4.69, 9.17) is 4.74 Å². The Morgan fingerprint density at radius 2 is 1.80 bits per heavy atom. The lowest BCUT2D eigenvalue weighted by atomic mass is 10.2. The lowest BCUT2D eigenvalue weighted by Crippen LogP contribution is -2.19. The molecule has 0 bridgehead atoms. The summed E-state index contributed by atoms with van der Waals surface area (Å²) in [4.78, 5) is 9.60. The summed E-state index contributed by atoms with van der Waals surface area (Å²) in [6, 6.07) is 0. The topological polar surface area (TPSA) is 47.6 Å². The van der Waals surface area contributed by atoms with Crippen LogP contribution in [-0.4, -0.2) is 36.6 Å². The summed E-state index contributed by atoms with van der Waals surface area (Å²) in [7, 11) is 1.97. The molecule has 1 rings (SSSR count). The van der Waals surface area contributed by atoms with Gasteiger partial charge in [0, 0.05) is 0 Å². The van der Waals surface area contributed by atoms with Gasteiger partial charge in [0.1, 0.15) is 5.60 Å². The van der Waals surface area contributed by atoms with Crippen LogP contribution in [0.2, 0.25) is 0 Å². The fourth-order valence-electron chi connectivity index (χ4n) is 1.09. The Morgan fingerprint density at radius 3 is 2.00 bits per heavy atom. The normalized spacial score (nSPS) is 15.4. The summed E-state index contributed by atoms with van der Waals surface area (Å²) in [5, 5.41) is 0. The van der Waals surface area contributed by atoms with E-state index in [1.54, 1.807) is 0 Å². The van der Waals surface area contributed by atoms with Crippen LogP contribution in [0.25, 0.3) is 0 Å². The summed E-state index contributed by atoms with van der Waals surface area (Å²) in [5.74, 6) is 0. The minimum absolute atomic E-state index is 0.318. The quantitative estimate of drug-likeness (QED) is 0.597. The zero-order valence-corrected chi connectivity index (χ0v) is 15.2. The van der Waals surface area contributed by atoms with Gasteiger partial charge in [0.25, 0.3) is 6.47 Å². The van der Waals surface area contributed by atoms with E-state index >= 15 is 0 Å². The minimum Gasteiger partial charge on any atom is -0.462 e. The van der Waals surface area contributed by atoms with E-state index in [-0.39, 0.29) is 5.60 Å². The van der Waals surface area contributed by atoms with E-state index in [2.05, 4.69) is 23.3 Å². The van der Waals surface area contributed by atoms with Gasteiger partial charge in [-0.15, -0.1) is 0 Å². The molecular formula is C15H33NO3S. The van der Waals surface area contributed by atoms with Gasteiger partial charge in [0.05, 0.1) is 17.5 Å². The molecule has 1 saturated carbocycles. The number of carbonyl (C=O) groups is 1. The van der Waals surface area contributed by atoms with Gasteiger partial charge in [0.2, 0.25) is 0 Å². The molecule has 0 spiro atoms. The maximum Gasteiger partial charge on any atom is 0.293 e. The van der Waals surface area contributed by atoms with Crippen molar-refractivity contribution in [2.45, 2.75) is 77.8 Å². The average Bonchev–Trinajstić information content (AvgIpc) is 3.09. The molecule has 0 atom stereocenters. The molecule has 1 fully saturated rings. The van der Waals surface area contributed by atoms with Crippen LogP contribution in [0.4, 0.5) is 0 Å². The SMILES string of the molecule is CC.CC(C)(C)OC=O.CNSC1(COC(C)C)CC1. The number of hydrogen-bond donors (Lipinski definition) is 1. The highest BCUT2D eigenvalue weighted by Crippen LogP contribution is 2.47. The van der Waals surface area contributed by atoms with E-state index in [9.17, 15) is 4.79 Å². The van der Waals surface area contributed by atoms with Crippen LogP contribution in [0, 0.1) is 0 Å². The van der Waals surface area contributed by atoms with Crippen molar-refractivity contribution in [3.8, 4) is 0 Å². The molecule has 0 radical (unpaired) electrons. The number of hydrogen-bond acceptors (Lipinski definition) is 5. The first-order chi connectivity index (χ1) is 9.24. The highest BCUT2D eigenvalue weighted by molar-refractivity contribution is 7.99. The molecule has 1 N–H and O–H groups in total. The van der Waals surface area contributed by atoms with Gasteiger partial charge in [-0.2, -0.15) is 0 Å². The summed E-state index contributed by atoms with van der Waals surface area (Å²) in [5.41, 5.74) is -0.318. The molecule has 0 heterocycles. The van der Waals surface area contributed by atoms with Crippen LogP contribution in [0.1, 0.15) is 61.3 Å². The van der Waals surface area contributed by atoms with Crippen molar-refractivity contribution in [2.75, 3.05) is 13.7 Å². The monoisotopic (exact) mass is 307 g/mol. The van der Waals surface area contributed by atoms with Crippen molar-refractivity contribution in [3.63, 3.8) is 0 Å². The highest BCUT2D eigenvalue weighted by Gasteiger charge is 2.43. The smallest absolute Gasteiger partial charge is 0.293 e. The Hall–Kier alpha value is -0.260. The van der Waals surface area contributed by atoms with Crippen LogP contribution >= 0.6 is 11.9 Å². The summed E-state index contributed by atoms with van der Waals surface area (Å²) >= 11 is 1.81. The average molecular weight is 308 g/mol. The van der Waals surface area contributed by atoms with Crippen molar-refractivity contribution >= 4 is 18.4 Å². The van der Waals surface area contributed by atoms with E-state index in [0.29, 0.717) is 17.3 Å². The maximum absolute atomic E-state index is 9.60. The summed E-state index contributed by atoms with van der Waals surface area (Å²) in [6.07, 6.45) is 2.96. The van der Waals surface area contributed by atoms with Gasteiger partial charge in [-0.05, 0) is 54.5 Å². The molecule has 0 unspecified atom stereocenters. The molecular weight excluding hydrogens is 274 g/mol. The van der Waals surface area contributed by atoms with Gasteiger partial charge in [-0.1, -0.05) is 25.8 Å². The molecule has 0 aromatic carbocycles. The van der Waals surface area contributed by atoms with Crippen molar-refractivity contribution in [1.82, 2.24) is 4.72 Å². The fraction of sp³-hybridized carbons (Fsp3) is 0.933. The molecule has 0 amide bonds. The number of rotatable bonds is 6. The third-order valence-corrected chi connectivity index (χ3v) is 3.37. The van der Waals surface area contributed by atoms with Crippen molar-refractivity contribution in [2.24, 2.45) is 0 Å². The third-order valence-electron chi connectivity index (χ3n) is 2.21. The van der Waals surface area contributed by atoms with Gasteiger partial charge < -0.3 is 9.47 Å². The second kappa shape index (κ2) is 11.4. The Bertz CT molecular complexity index is 236. The molecule has 1 aliphatic carbocycles. The first-order valence-corrected chi connectivity index (χ1v) is 8.14. The number of carbonyl (C=O) groups excluding carboxylic acids is 1. The lowest BCUT2D eigenvalue weighted by Gasteiger charge is -2.15. The summed E-state index contributed by atoms with van der Waals surface area (Å²) in [6.45, 7) is 15.0. The van der Waals surface area contributed by atoms with Gasteiger partial charge in [-0.3, -0.25) is 9.52 Å². The molecule has 0 aromatic heterocycles. The second-order valence-electron chi connectivity index (χ2n) is 5.68. The Morgan fingerprint density at radius 1 is 1.30 bits per heavy atom. The van der Waals surface area contributed by atoms with Gasteiger partial charge >= 0.3 is 0 Å². The highest BCUT2D eigenvalue weighted by atomic mass is 32.2. The van der Waals surface area contributed by atoms with Crippen molar-refractivity contribution < 1.29 is 14.3 Å². The Labute approximate surface area is 129 Å². The van der Waals surface area contributed by atoms with E-state index in [1.165, 1.54) is 12.8 Å². The first-order valence-electron chi connectivity index (χ1n) is 7.32. The standard InChI is InChI=1S/C8H17NOS.C5H10O2.C2H6/c1-7(2)10-6-8(4-5-8)11-9-3;1-5(2,3)7-4-6;1-2/h7,9H,4-6H2,1-3H3;4H,1-3H3;1-2H3. The fourth-order valence-corrected chi connectivity index (χ4v) is 1.96. The zero-order chi connectivity index (χ0) is 16.2. The molecule has 122 valence electrons. The minimum atomic E-state index is -0.318. The first kappa shape index (κ1) is 22.0. The third kappa shape index (κ3) is 14.2. The summed E-state index contributed by atoms with van der Waals surface area (Å²) < 4.78 is 13.7. The molecule has 20 heavy (non-hydrogen) atoms. The van der Waals surface area contributed by atoms with Crippen LogP contribution < -0.4 is 4.72 Å². The van der Waals surface area contributed by atoms with E-state index < -0.39 is 0 Å². The zero-order valence-electron chi connectivity index (χ0n) is 14.4. The van der Waals surface area contributed by atoms with Crippen molar-refractivity contribution in [1.29, 1.82) is 0 Å². The maximum atomic E-state index is 9.60. The van der Waals surface area contributed by atoms with Crippen LogP contribution in [0.5, 0.6) is 0 Å². The largest absolute Gasteiger partial charge is 0.462 e. The Balaban J connectivity index is 0. The molecule has 0 saturated heterocycles. The predicted octanol–water partition coefficient (Wildman–Crippen LogP) is 3.80. The van der Waals surface area contributed by atoms with E-state index in [0.717, 1.165) is 6.61 Å².